The molecule has 0 unspecified atom stereocenters. The van der Waals surface area contributed by atoms with Gasteiger partial charge in [-0.1, -0.05) is 43.2 Å². The van der Waals surface area contributed by atoms with Crippen molar-refractivity contribution in [3.05, 3.63) is 48.0 Å². The van der Waals surface area contributed by atoms with Crippen molar-refractivity contribution in [3.63, 3.8) is 0 Å². The topological polar surface area (TPSA) is 66.5 Å². The molecule has 0 bridgehead atoms. The second-order valence-electron chi connectivity index (χ2n) is 5.30. The highest BCUT2D eigenvalue weighted by Gasteiger charge is 2.32. The highest BCUT2D eigenvalue weighted by molar-refractivity contribution is 6.13. The first kappa shape index (κ1) is 15.9. The van der Waals surface area contributed by atoms with Gasteiger partial charge in [-0.25, -0.2) is 0 Å². The van der Waals surface area contributed by atoms with Crippen LogP contribution in [-0.4, -0.2) is 29.2 Å². The fraction of sp³-hybridized carbons (Fsp3) is 0.353. The summed E-state index contributed by atoms with van der Waals surface area (Å²) in [5.74, 6) is -0.265. The summed E-state index contributed by atoms with van der Waals surface area (Å²) in [6.07, 6.45) is 7.68. The zero-order chi connectivity index (χ0) is 15.8. The Morgan fingerprint density at radius 1 is 1.05 bits per heavy atom. The van der Waals surface area contributed by atoms with Crippen LogP contribution in [0.25, 0.3) is 0 Å². The molecule has 1 aromatic carbocycles. The van der Waals surface area contributed by atoms with Crippen molar-refractivity contribution in [1.29, 1.82) is 0 Å². The maximum absolute atomic E-state index is 11.2. The van der Waals surface area contributed by atoms with Crippen LogP contribution in [0.5, 0.6) is 0 Å². The Balaban J connectivity index is 0.000000164. The SMILES string of the molecule is O=C1C=CC(=O)N1C1CCCC1.O=CNCc1ccccc1. The van der Waals surface area contributed by atoms with Gasteiger partial charge in [-0.3, -0.25) is 19.3 Å². The van der Waals surface area contributed by atoms with Crippen molar-refractivity contribution >= 4 is 18.2 Å². The van der Waals surface area contributed by atoms with Gasteiger partial charge in [0.15, 0.2) is 0 Å². The Labute approximate surface area is 130 Å². The van der Waals surface area contributed by atoms with Gasteiger partial charge < -0.3 is 5.32 Å². The number of nitrogens with zero attached hydrogens (tertiary/aromatic N) is 1. The molecular formula is C17H20N2O3. The quantitative estimate of drug-likeness (QED) is 0.681. The molecule has 0 atom stereocenters. The van der Waals surface area contributed by atoms with Crippen molar-refractivity contribution in [2.45, 2.75) is 38.3 Å². The summed E-state index contributed by atoms with van der Waals surface area (Å²) in [6.45, 7) is 0.615. The number of nitrogens with one attached hydrogen (secondary N) is 1. The van der Waals surface area contributed by atoms with Crippen LogP contribution in [0.4, 0.5) is 0 Å². The van der Waals surface area contributed by atoms with E-state index in [1.54, 1.807) is 0 Å². The predicted octanol–water partition coefficient (Wildman–Crippen LogP) is 1.79. The molecule has 1 aliphatic heterocycles. The van der Waals surface area contributed by atoms with Crippen molar-refractivity contribution < 1.29 is 14.4 Å². The van der Waals surface area contributed by atoms with E-state index in [9.17, 15) is 14.4 Å². The summed E-state index contributed by atoms with van der Waals surface area (Å²) in [6, 6.07) is 9.96. The molecule has 0 saturated heterocycles. The molecule has 3 rings (SSSR count). The van der Waals surface area contributed by atoms with Crippen LogP contribution in [0.3, 0.4) is 0 Å². The molecule has 0 aromatic heterocycles. The zero-order valence-electron chi connectivity index (χ0n) is 12.4. The lowest BCUT2D eigenvalue weighted by Gasteiger charge is -2.20. The van der Waals surface area contributed by atoms with E-state index in [-0.39, 0.29) is 17.9 Å². The third-order valence-electron chi connectivity index (χ3n) is 3.77. The molecule has 0 radical (unpaired) electrons. The smallest absolute Gasteiger partial charge is 0.253 e. The maximum Gasteiger partial charge on any atom is 0.253 e. The molecule has 5 heteroatoms. The Morgan fingerprint density at radius 2 is 1.64 bits per heavy atom. The summed E-state index contributed by atoms with van der Waals surface area (Å²) < 4.78 is 0. The lowest BCUT2D eigenvalue weighted by Crippen LogP contribution is -2.38. The fourth-order valence-corrected chi connectivity index (χ4v) is 2.69. The second-order valence-corrected chi connectivity index (χ2v) is 5.30. The molecule has 1 aromatic rings. The molecule has 0 spiro atoms. The first-order valence-corrected chi connectivity index (χ1v) is 7.48. The molecule has 1 fully saturated rings. The average molecular weight is 300 g/mol. The largest absolute Gasteiger partial charge is 0.355 e. The number of carbonyl (C=O) groups is 3. The monoisotopic (exact) mass is 300 g/mol. The lowest BCUT2D eigenvalue weighted by atomic mass is 10.2. The first-order valence-electron chi connectivity index (χ1n) is 7.48. The number of hydrogen-bond donors (Lipinski definition) is 1. The predicted molar refractivity (Wildman–Crippen MR) is 82.6 cm³/mol. The van der Waals surface area contributed by atoms with Crippen LogP contribution in [0, 0.1) is 0 Å². The van der Waals surface area contributed by atoms with Gasteiger partial charge in [0, 0.05) is 24.7 Å². The van der Waals surface area contributed by atoms with Crippen molar-refractivity contribution in [1.82, 2.24) is 10.2 Å². The number of amides is 3. The van der Waals surface area contributed by atoms with E-state index in [1.807, 2.05) is 30.3 Å². The molecule has 1 aliphatic carbocycles. The molecule has 22 heavy (non-hydrogen) atoms. The fourth-order valence-electron chi connectivity index (χ4n) is 2.69. The number of hydrogen-bond acceptors (Lipinski definition) is 3. The van der Waals surface area contributed by atoms with Gasteiger partial charge >= 0.3 is 0 Å². The van der Waals surface area contributed by atoms with Crippen LogP contribution >= 0.6 is 0 Å². The lowest BCUT2D eigenvalue weighted by molar-refractivity contribution is -0.139. The van der Waals surface area contributed by atoms with E-state index in [4.69, 9.17) is 0 Å². The van der Waals surface area contributed by atoms with Crippen molar-refractivity contribution in [2.75, 3.05) is 0 Å². The van der Waals surface area contributed by atoms with Gasteiger partial charge in [-0.15, -0.1) is 0 Å². The van der Waals surface area contributed by atoms with Crippen LogP contribution < -0.4 is 5.32 Å². The zero-order valence-corrected chi connectivity index (χ0v) is 12.4. The number of imide groups is 1. The Bertz CT molecular complexity index is 530. The molecular weight excluding hydrogens is 280 g/mol. The minimum atomic E-state index is -0.132. The number of benzene rings is 1. The Morgan fingerprint density at radius 3 is 2.18 bits per heavy atom. The van der Waals surface area contributed by atoms with Crippen LogP contribution in [0.2, 0.25) is 0 Å². The van der Waals surface area contributed by atoms with Gasteiger partial charge in [0.05, 0.1) is 0 Å². The van der Waals surface area contributed by atoms with E-state index in [1.165, 1.54) is 17.1 Å². The van der Waals surface area contributed by atoms with E-state index in [0.717, 1.165) is 31.2 Å². The Kier molecular flexibility index (Phi) is 5.89. The summed E-state index contributed by atoms with van der Waals surface area (Å²) in [5, 5.41) is 2.58. The number of rotatable bonds is 4. The Hall–Kier alpha value is -2.43. The minimum absolute atomic E-state index is 0.132. The summed E-state index contributed by atoms with van der Waals surface area (Å²) in [7, 11) is 0. The van der Waals surface area contributed by atoms with Crippen LogP contribution in [-0.2, 0) is 20.9 Å². The first-order chi connectivity index (χ1) is 10.7. The molecule has 1 saturated carbocycles. The van der Waals surface area contributed by atoms with Gasteiger partial charge in [0.2, 0.25) is 6.41 Å². The van der Waals surface area contributed by atoms with Crippen molar-refractivity contribution in [3.8, 4) is 0 Å². The van der Waals surface area contributed by atoms with E-state index in [2.05, 4.69) is 5.32 Å². The van der Waals surface area contributed by atoms with E-state index in [0.29, 0.717) is 13.0 Å². The van der Waals surface area contributed by atoms with Crippen molar-refractivity contribution in [2.24, 2.45) is 0 Å². The van der Waals surface area contributed by atoms with Gasteiger partial charge in [0.25, 0.3) is 11.8 Å². The molecule has 5 nitrogen and oxygen atoms in total. The molecule has 2 aliphatic rings. The minimum Gasteiger partial charge on any atom is -0.355 e. The van der Waals surface area contributed by atoms with Crippen LogP contribution in [0.15, 0.2) is 42.5 Å². The van der Waals surface area contributed by atoms with Crippen LogP contribution in [0.1, 0.15) is 31.2 Å². The third kappa shape index (κ3) is 4.28. The van der Waals surface area contributed by atoms with E-state index < -0.39 is 0 Å². The highest BCUT2D eigenvalue weighted by Crippen LogP contribution is 2.25. The van der Waals surface area contributed by atoms with Gasteiger partial charge in [0.1, 0.15) is 0 Å². The molecule has 1 heterocycles. The van der Waals surface area contributed by atoms with Gasteiger partial charge in [-0.2, -0.15) is 0 Å². The summed E-state index contributed by atoms with van der Waals surface area (Å²) >= 11 is 0. The highest BCUT2D eigenvalue weighted by atomic mass is 16.2. The summed E-state index contributed by atoms with van der Waals surface area (Å²) in [4.78, 5) is 33.6. The third-order valence-corrected chi connectivity index (χ3v) is 3.77. The average Bonchev–Trinajstić information content (AvgIpc) is 3.17. The number of carbonyl (C=O) groups excluding carboxylic acids is 3. The van der Waals surface area contributed by atoms with E-state index >= 15 is 0 Å². The normalized spacial score (nSPS) is 17.4. The van der Waals surface area contributed by atoms with Gasteiger partial charge in [-0.05, 0) is 18.4 Å². The standard InChI is InChI=1S/C9H11NO2.C8H9NO/c11-8-5-6-9(12)10(8)7-3-1-2-4-7;10-7-9-6-8-4-2-1-3-5-8/h5-7H,1-4H2;1-5,7H,6H2,(H,9,10). The second kappa shape index (κ2) is 8.12. The molecule has 3 amide bonds. The summed E-state index contributed by atoms with van der Waals surface area (Å²) in [5.41, 5.74) is 1.12. The molecule has 116 valence electrons. The molecule has 1 N–H and O–H groups in total. The maximum atomic E-state index is 11.2.